The first-order valence-corrected chi connectivity index (χ1v) is 10.2. The van der Waals surface area contributed by atoms with E-state index in [0.717, 1.165) is 29.8 Å². The molecule has 0 aliphatic rings. The molecule has 1 N–H and O–H groups in total. The van der Waals surface area contributed by atoms with Gasteiger partial charge in [-0.3, -0.25) is 25.0 Å². The summed E-state index contributed by atoms with van der Waals surface area (Å²) in [7, 11) is 1.64. The molecular formula is C23H26N4O4. The van der Waals surface area contributed by atoms with Gasteiger partial charge in [-0.15, -0.1) is 0 Å². The third-order valence-electron chi connectivity index (χ3n) is 5.05. The Hall–Kier alpha value is -3.68. The Morgan fingerprint density at radius 1 is 1.13 bits per heavy atom. The predicted octanol–water partition coefficient (Wildman–Crippen LogP) is 4.09. The Bertz CT molecular complexity index is 1130. The highest BCUT2D eigenvalue weighted by Crippen LogP contribution is 2.16. The van der Waals surface area contributed by atoms with Gasteiger partial charge in [0, 0.05) is 30.1 Å². The maximum Gasteiger partial charge on any atom is 0.280 e. The van der Waals surface area contributed by atoms with E-state index in [-0.39, 0.29) is 11.2 Å². The fourth-order valence-electron chi connectivity index (χ4n) is 3.42. The van der Waals surface area contributed by atoms with Crippen LogP contribution in [0.2, 0.25) is 0 Å². The van der Waals surface area contributed by atoms with Crippen molar-refractivity contribution in [2.45, 2.75) is 33.1 Å². The van der Waals surface area contributed by atoms with Crippen LogP contribution in [0.4, 0.5) is 5.69 Å². The third kappa shape index (κ3) is 5.09. The lowest BCUT2D eigenvalue weighted by atomic mass is 10.1. The van der Waals surface area contributed by atoms with Gasteiger partial charge in [-0.1, -0.05) is 25.5 Å². The number of hydrogen-bond donors (Lipinski definition) is 1. The van der Waals surface area contributed by atoms with E-state index in [1.165, 1.54) is 16.8 Å². The number of aromatic amines is 1. The normalized spacial score (nSPS) is 11.5. The van der Waals surface area contributed by atoms with Crippen molar-refractivity contribution in [3.63, 3.8) is 0 Å². The van der Waals surface area contributed by atoms with E-state index < -0.39 is 4.92 Å². The average Bonchev–Trinajstić information content (AvgIpc) is 3.10. The zero-order chi connectivity index (χ0) is 22.4. The number of nitro benzene ring substituents is 1. The molecular weight excluding hydrogens is 396 g/mol. The first kappa shape index (κ1) is 22.0. The fraction of sp³-hybridized carbons (Fsp3) is 0.304. The standard InChI is InChI=1S/C23H26N4O4/c1-4-5-21-22(16(2)24-15-14-17-6-12-20(31-3)13-7-17)23(28)26(25-21)18-8-10-19(11-9-18)27(29)30/h6-13,25H,4-5,14-15H2,1-3H3. The monoisotopic (exact) mass is 422 g/mol. The minimum absolute atomic E-state index is 0.0198. The van der Waals surface area contributed by atoms with Crippen molar-refractivity contribution in [3.05, 3.63) is 85.8 Å². The first-order chi connectivity index (χ1) is 14.9. The molecule has 1 aromatic heterocycles. The highest BCUT2D eigenvalue weighted by molar-refractivity contribution is 5.99. The van der Waals surface area contributed by atoms with Crippen LogP contribution in [0.5, 0.6) is 5.75 Å². The number of ether oxygens (including phenoxy) is 1. The van der Waals surface area contributed by atoms with Crippen molar-refractivity contribution in [2.24, 2.45) is 4.99 Å². The van der Waals surface area contributed by atoms with Crippen molar-refractivity contribution >= 4 is 11.4 Å². The lowest BCUT2D eigenvalue weighted by Gasteiger charge is -2.03. The Labute approximate surface area is 180 Å². The number of nitrogens with zero attached hydrogens (tertiary/aromatic N) is 3. The van der Waals surface area contributed by atoms with Crippen LogP contribution in [0, 0.1) is 10.1 Å². The third-order valence-corrected chi connectivity index (χ3v) is 5.05. The number of rotatable bonds is 9. The van der Waals surface area contributed by atoms with Gasteiger partial charge in [0.2, 0.25) is 0 Å². The molecule has 0 saturated carbocycles. The van der Waals surface area contributed by atoms with Crippen LogP contribution in [0.15, 0.2) is 58.3 Å². The average molecular weight is 422 g/mol. The molecule has 2 aromatic carbocycles. The summed E-state index contributed by atoms with van der Waals surface area (Å²) >= 11 is 0. The zero-order valence-corrected chi connectivity index (χ0v) is 17.9. The number of non-ortho nitro benzene ring substituents is 1. The molecule has 8 heteroatoms. The SMILES string of the molecule is CCCc1[nH]n(-c2ccc([N+](=O)[O-])cc2)c(=O)c1C(C)=NCCc1ccc(OC)cc1. The number of H-pyrrole nitrogens is 1. The van der Waals surface area contributed by atoms with E-state index in [4.69, 9.17) is 4.74 Å². The minimum atomic E-state index is -0.463. The van der Waals surface area contributed by atoms with Gasteiger partial charge in [0.25, 0.3) is 11.2 Å². The molecule has 0 fully saturated rings. The summed E-state index contributed by atoms with van der Waals surface area (Å²) in [5, 5.41) is 14.0. The predicted molar refractivity (Wildman–Crippen MR) is 121 cm³/mol. The number of aliphatic imine (C=N–C) groups is 1. The summed E-state index contributed by atoms with van der Waals surface area (Å²) in [5.74, 6) is 0.812. The molecule has 0 radical (unpaired) electrons. The Morgan fingerprint density at radius 2 is 1.81 bits per heavy atom. The molecule has 0 amide bonds. The highest BCUT2D eigenvalue weighted by Gasteiger charge is 2.17. The lowest BCUT2D eigenvalue weighted by Crippen LogP contribution is -2.20. The maximum absolute atomic E-state index is 13.1. The number of benzene rings is 2. The Kier molecular flexibility index (Phi) is 7.02. The van der Waals surface area contributed by atoms with Gasteiger partial charge in [0.15, 0.2) is 0 Å². The summed E-state index contributed by atoms with van der Waals surface area (Å²) in [6.07, 6.45) is 2.33. The second-order valence-corrected chi connectivity index (χ2v) is 7.19. The fourth-order valence-corrected chi connectivity index (χ4v) is 3.42. The van der Waals surface area contributed by atoms with Crippen LogP contribution >= 0.6 is 0 Å². The van der Waals surface area contributed by atoms with Gasteiger partial charge < -0.3 is 4.74 Å². The molecule has 0 saturated heterocycles. The summed E-state index contributed by atoms with van der Waals surface area (Å²) in [5.41, 5.74) is 3.52. The highest BCUT2D eigenvalue weighted by atomic mass is 16.6. The summed E-state index contributed by atoms with van der Waals surface area (Å²) in [6.45, 7) is 4.45. The first-order valence-electron chi connectivity index (χ1n) is 10.2. The Balaban J connectivity index is 1.85. The van der Waals surface area contributed by atoms with Gasteiger partial charge in [-0.05, 0) is 49.6 Å². The van der Waals surface area contributed by atoms with E-state index in [1.807, 2.05) is 38.1 Å². The van der Waals surface area contributed by atoms with Crippen LogP contribution in [-0.4, -0.2) is 34.1 Å². The van der Waals surface area contributed by atoms with Crippen LogP contribution < -0.4 is 10.3 Å². The molecule has 1 heterocycles. The largest absolute Gasteiger partial charge is 0.497 e. The summed E-state index contributed by atoms with van der Waals surface area (Å²) in [6, 6.07) is 13.7. The van der Waals surface area contributed by atoms with Gasteiger partial charge in [-0.2, -0.15) is 0 Å². The molecule has 0 spiro atoms. The summed E-state index contributed by atoms with van der Waals surface area (Å²) < 4.78 is 6.60. The molecule has 0 aliphatic carbocycles. The van der Waals surface area contributed by atoms with Gasteiger partial charge in [0.1, 0.15) is 5.75 Å². The van der Waals surface area contributed by atoms with E-state index in [2.05, 4.69) is 10.1 Å². The number of methoxy groups -OCH3 is 1. The van der Waals surface area contributed by atoms with Crippen molar-refractivity contribution < 1.29 is 9.66 Å². The van der Waals surface area contributed by atoms with E-state index >= 15 is 0 Å². The van der Waals surface area contributed by atoms with Crippen LogP contribution in [0.1, 0.15) is 37.1 Å². The number of nitrogens with one attached hydrogen (secondary N) is 1. The number of aromatic nitrogens is 2. The Morgan fingerprint density at radius 3 is 2.39 bits per heavy atom. The van der Waals surface area contributed by atoms with Crippen LogP contribution in [-0.2, 0) is 12.8 Å². The molecule has 31 heavy (non-hydrogen) atoms. The lowest BCUT2D eigenvalue weighted by molar-refractivity contribution is -0.384. The minimum Gasteiger partial charge on any atom is -0.497 e. The summed E-state index contributed by atoms with van der Waals surface area (Å²) in [4.78, 5) is 28.2. The molecule has 0 aliphatic heterocycles. The van der Waals surface area contributed by atoms with Crippen LogP contribution in [0.25, 0.3) is 5.69 Å². The van der Waals surface area contributed by atoms with Gasteiger partial charge in [0.05, 0.1) is 23.3 Å². The van der Waals surface area contributed by atoms with Gasteiger partial charge in [-0.25, -0.2) is 4.68 Å². The van der Waals surface area contributed by atoms with Crippen molar-refractivity contribution in [1.82, 2.24) is 9.78 Å². The second kappa shape index (κ2) is 9.88. The number of hydrogen-bond acceptors (Lipinski definition) is 5. The van der Waals surface area contributed by atoms with E-state index in [0.29, 0.717) is 29.9 Å². The van der Waals surface area contributed by atoms with E-state index in [1.54, 1.807) is 19.2 Å². The molecule has 8 nitrogen and oxygen atoms in total. The van der Waals surface area contributed by atoms with E-state index in [9.17, 15) is 14.9 Å². The molecule has 3 aromatic rings. The van der Waals surface area contributed by atoms with Crippen molar-refractivity contribution in [3.8, 4) is 11.4 Å². The smallest absolute Gasteiger partial charge is 0.280 e. The van der Waals surface area contributed by atoms with Gasteiger partial charge >= 0.3 is 0 Å². The van der Waals surface area contributed by atoms with Crippen LogP contribution in [0.3, 0.4) is 0 Å². The maximum atomic E-state index is 13.1. The zero-order valence-electron chi connectivity index (χ0n) is 17.9. The second-order valence-electron chi connectivity index (χ2n) is 7.19. The topological polar surface area (TPSA) is 103 Å². The molecule has 0 atom stereocenters. The molecule has 0 unspecified atom stereocenters. The van der Waals surface area contributed by atoms with Crippen molar-refractivity contribution in [2.75, 3.05) is 13.7 Å². The molecule has 162 valence electrons. The van der Waals surface area contributed by atoms with Crippen molar-refractivity contribution in [1.29, 1.82) is 0 Å². The number of nitro groups is 1. The molecule has 3 rings (SSSR count). The number of aryl methyl sites for hydroxylation is 1. The quantitative estimate of drug-likeness (QED) is 0.319. The molecule has 0 bridgehead atoms.